The molecule has 1 aliphatic rings. The van der Waals surface area contributed by atoms with Crippen molar-refractivity contribution < 1.29 is 14.3 Å². The zero-order valence-corrected chi connectivity index (χ0v) is 20.6. The first-order chi connectivity index (χ1) is 16.8. The molecule has 0 atom stereocenters. The molecule has 0 saturated heterocycles. The molecule has 0 radical (unpaired) electrons. The summed E-state index contributed by atoms with van der Waals surface area (Å²) < 4.78 is 6.56. The Morgan fingerprint density at radius 1 is 1.09 bits per heavy atom. The van der Waals surface area contributed by atoms with Gasteiger partial charge in [-0.25, -0.2) is 9.78 Å². The molecule has 4 rings (SSSR count). The van der Waals surface area contributed by atoms with Crippen molar-refractivity contribution in [2.75, 3.05) is 18.5 Å². The van der Waals surface area contributed by atoms with Crippen LogP contribution in [0.4, 0.5) is 10.5 Å². The van der Waals surface area contributed by atoms with Crippen LogP contribution in [0.1, 0.15) is 34.9 Å². The van der Waals surface area contributed by atoms with E-state index in [0.29, 0.717) is 30.0 Å². The first-order valence-corrected chi connectivity index (χ1v) is 11.8. The fraction of sp³-hybridized carbons (Fsp3) is 0.333. The fourth-order valence-electron chi connectivity index (χ4n) is 4.19. The number of nitrogens with zero attached hydrogens (tertiary/aromatic N) is 3. The number of hydrogen-bond acceptors (Lipinski definition) is 5. The van der Waals surface area contributed by atoms with Crippen molar-refractivity contribution >= 4 is 17.7 Å². The quantitative estimate of drug-likeness (QED) is 0.604. The van der Waals surface area contributed by atoms with Crippen LogP contribution in [0.2, 0.25) is 0 Å². The Morgan fingerprint density at radius 3 is 2.54 bits per heavy atom. The molecule has 1 aliphatic heterocycles. The highest BCUT2D eigenvalue weighted by molar-refractivity contribution is 5.91. The van der Waals surface area contributed by atoms with E-state index in [0.717, 1.165) is 27.9 Å². The van der Waals surface area contributed by atoms with Crippen molar-refractivity contribution in [2.45, 2.75) is 47.2 Å². The second kappa shape index (κ2) is 10.1. The van der Waals surface area contributed by atoms with Gasteiger partial charge in [0.05, 0.1) is 18.8 Å². The van der Waals surface area contributed by atoms with Gasteiger partial charge in [0.15, 0.2) is 0 Å². The lowest BCUT2D eigenvalue weighted by molar-refractivity contribution is -0.116. The molecule has 0 saturated carbocycles. The van der Waals surface area contributed by atoms with Crippen LogP contribution in [-0.2, 0) is 29.0 Å². The van der Waals surface area contributed by atoms with E-state index < -0.39 is 6.09 Å². The second-order valence-corrected chi connectivity index (χ2v) is 8.78. The van der Waals surface area contributed by atoms with Gasteiger partial charge in [0.25, 0.3) is 5.56 Å². The van der Waals surface area contributed by atoms with Crippen LogP contribution in [0, 0.1) is 20.8 Å². The third-order valence-corrected chi connectivity index (χ3v) is 6.34. The number of carbonyl (C=O) groups excluding carboxylic acids is 2. The Kier molecular flexibility index (Phi) is 7.00. The number of rotatable bonds is 5. The summed E-state index contributed by atoms with van der Waals surface area (Å²) in [5.41, 5.74) is 5.37. The SMILES string of the molecule is CCOC(=O)N1CCc2c(nc(-c3ccc(C)cc3)n(CC(=O)Nc3cccc(C)c3C)c2=O)C1. The summed E-state index contributed by atoms with van der Waals surface area (Å²) in [6.45, 7) is 8.33. The molecule has 1 N–H and O–H groups in total. The average Bonchev–Trinajstić information content (AvgIpc) is 2.84. The number of ether oxygens (including phenoxy) is 1. The van der Waals surface area contributed by atoms with Crippen LogP contribution in [0.5, 0.6) is 0 Å². The number of carbonyl (C=O) groups is 2. The van der Waals surface area contributed by atoms with Crippen molar-refractivity contribution in [3.8, 4) is 11.4 Å². The summed E-state index contributed by atoms with van der Waals surface area (Å²) in [5.74, 6) is 0.0930. The number of fused-ring (bicyclic) bond motifs is 1. The number of aromatic nitrogens is 2. The Hall–Kier alpha value is -3.94. The van der Waals surface area contributed by atoms with Gasteiger partial charge in [-0.2, -0.15) is 0 Å². The summed E-state index contributed by atoms with van der Waals surface area (Å²) in [5, 5.41) is 2.93. The number of nitrogens with one attached hydrogen (secondary N) is 1. The Bertz CT molecular complexity index is 1330. The molecule has 0 unspecified atom stereocenters. The minimum atomic E-state index is -0.422. The van der Waals surface area contributed by atoms with Crippen LogP contribution >= 0.6 is 0 Å². The molecule has 8 nitrogen and oxygen atoms in total. The summed E-state index contributed by atoms with van der Waals surface area (Å²) in [4.78, 5) is 45.2. The van der Waals surface area contributed by atoms with E-state index in [1.807, 2.05) is 63.2 Å². The Balaban J connectivity index is 1.72. The number of benzene rings is 2. The van der Waals surface area contributed by atoms with Crippen LogP contribution in [0.15, 0.2) is 47.3 Å². The normalized spacial score (nSPS) is 12.7. The lowest BCUT2D eigenvalue weighted by atomic mass is 10.1. The zero-order chi connectivity index (χ0) is 25.1. The minimum absolute atomic E-state index is 0.169. The van der Waals surface area contributed by atoms with E-state index >= 15 is 0 Å². The van der Waals surface area contributed by atoms with Gasteiger partial charge in [-0.05, 0) is 51.3 Å². The molecular formula is C27H30N4O4. The van der Waals surface area contributed by atoms with E-state index in [-0.39, 0.29) is 31.2 Å². The number of amides is 2. The number of anilines is 1. The van der Waals surface area contributed by atoms with Gasteiger partial charge >= 0.3 is 6.09 Å². The summed E-state index contributed by atoms with van der Waals surface area (Å²) in [6, 6.07) is 13.4. The molecule has 1 aromatic heterocycles. The molecule has 0 aliphatic carbocycles. The average molecular weight is 475 g/mol. The predicted octanol–water partition coefficient (Wildman–Crippen LogP) is 3.99. The standard InChI is InChI=1S/C27H30N4O4/c1-5-35-27(34)30-14-13-21-23(15-30)29-25(20-11-9-17(2)10-12-20)31(26(21)33)16-24(32)28-22-8-6-7-18(3)19(22)4/h6-12H,5,13-16H2,1-4H3,(H,28,32). The van der Waals surface area contributed by atoms with E-state index in [2.05, 4.69) is 5.32 Å². The third kappa shape index (κ3) is 5.11. The molecule has 0 fully saturated rings. The molecule has 182 valence electrons. The topological polar surface area (TPSA) is 93.5 Å². The first kappa shape index (κ1) is 24.2. The van der Waals surface area contributed by atoms with Crippen molar-refractivity contribution in [3.63, 3.8) is 0 Å². The largest absolute Gasteiger partial charge is 0.450 e. The van der Waals surface area contributed by atoms with E-state index in [4.69, 9.17) is 9.72 Å². The molecule has 2 aromatic carbocycles. The molecule has 35 heavy (non-hydrogen) atoms. The van der Waals surface area contributed by atoms with Gasteiger partial charge in [0.1, 0.15) is 12.4 Å². The monoisotopic (exact) mass is 474 g/mol. The summed E-state index contributed by atoms with van der Waals surface area (Å²) >= 11 is 0. The van der Waals surface area contributed by atoms with Gasteiger partial charge in [-0.15, -0.1) is 0 Å². The second-order valence-electron chi connectivity index (χ2n) is 8.78. The van der Waals surface area contributed by atoms with Crippen LogP contribution in [-0.4, -0.2) is 39.6 Å². The molecule has 2 heterocycles. The van der Waals surface area contributed by atoms with Gasteiger partial charge < -0.3 is 15.0 Å². The van der Waals surface area contributed by atoms with Crippen molar-refractivity contribution in [2.24, 2.45) is 0 Å². The van der Waals surface area contributed by atoms with E-state index in [1.165, 1.54) is 4.57 Å². The van der Waals surface area contributed by atoms with Gasteiger partial charge in [0, 0.05) is 23.4 Å². The Morgan fingerprint density at radius 2 is 1.83 bits per heavy atom. The Labute approximate surface area is 204 Å². The highest BCUT2D eigenvalue weighted by Crippen LogP contribution is 2.23. The van der Waals surface area contributed by atoms with Gasteiger partial charge in [-0.1, -0.05) is 42.0 Å². The first-order valence-electron chi connectivity index (χ1n) is 11.8. The van der Waals surface area contributed by atoms with Gasteiger partial charge in [-0.3, -0.25) is 14.2 Å². The van der Waals surface area contributed by atoms with Crippen molar-refractivity contribution in [1.29, 1.82) is 0 Å². The molecule has 0 spiro atoms. The molecule has 3 aromatic rings. The van der Waals surface area contributed by atoms with E-state index in [1.54, 1.807) is 11.8 Å². The molecular weight excluding hydrogens is 444 g/mol. The molecule has 0 bridgehead atoms. The zero-order valence-electron chi connectivity index (χ0n) is 20.6. The smallest absolute Gasteiger partial charge is 0.410 e. The minimum Gasteiger partial charge on any atom is -0.450 e. The maximum Gasteiger partial charge on any atom is 0.410 e. The highest BCUT2D eigenvalue weighted by Gasteiger charge is 2.27. The molecule has 8 heteroatoms. The summed E-state index contributed by atoms with van der Waals surface area (Å²) in [7, 11) is 0. The maximum atomic E-state index is 13.6. The predicted molar refractivity (Wildman–Crippen MR) is 134 cm³/mol. The van der Waals surface area contributed by atoms with E-state index in [9.17, 15) is 14.4 Å². The fourth-order valence-corrected chi connectivity index (χ4v) is 4.19. The van der Waals surface area contributed by atoms with Crippen LogP contribution in [0.3, 0.4) is 0 Å². The lowest BCUT2D eigenvalue weighted by Crippen LogP contribution is -2.42. The van der Waals surface area contributed by atoms with Crippen LogP contribution < -0.4 is 10.9 Å². The van der Waals surface area contributed by atoms with Gasteiger partial charge in [0.2, 0.25) is 5.91 Å². The van der Waals surface area contributed by atoms with Crippen LogP contribution in [0.25, 0.3) is 11.4 Å². The molecule has 2 amide bonds. The number of hydrogen-bond donors (Lipinski definition) is 1. The summed E-state index contributed by atoms with van der Waals surface area (Å²) in [6.07, 6.45) is -0.0684. The van der Waals surface area contributed by atoms with Crippen molar-refractivity contribution in [3.05, 3.63) is 80.8 Å². The number of aryl methyl sites for hydroxylation is 2. The lowest BCUT2D eigenvalue weighted by Gasteiger charge is -2.28. The maximum absolute atomic E-state index is 13.6. The third-order valence-electron chi connectivity index (χ3n) is 6.34. The van der Waals surface area contributed by atoms with Crippen molar-refractivity contribution in [1.82, 2.24) is 14.5 Å². The highest BCUT2D eigenvalue weighted by atomic mass is 16.6.